The highest BCUT2D eigenvalue weighted by molar-refractivity contribution is 7.99. The molecule has 2 aromatic carbocycles. The number of fused-ring (bicyclic) bond motifs is 1. The highest BCUT2D eigenvalue weighted by Crippen LogP contribution is 2.30. The van der Waals surface area contributed by atoms with Gasteiger partial charge in [-0.3, -0.25) is 0 Å². The van der Waals surface area contributed by atoms with E-state index in [1.54, 1.807) is 6.07 Å². The first kappa shape index (κ1) is 13.1. The molecule has 3 aromatic rings. The third-order valence-corrected chi connectivity index (χ3v) is 3.99. The molecule has 0 amide bonds. The minimum absolute atomic E-state index is 0.172. The second kappa shape index (κ2) is 5.26. The van der Waals surface area contributed by atoms with Crippen LogP contribution < -0.4 is 5.73 Å². The topological polar surface area (TPSA) is 54.7 Å². The molecule has 0 saturated heterocycles. The van der Waals surface area contributed by atoms with Crippen LogP contribution in [-0.2, 0) is 0 Å². The van der Waals surface area contributed by atoms with E-state index in [9.17, 15) is 4.39 Å². The van der Waals surface area contributed by atoms with Crippen molar-refractivity contribution in [2.45, 2.75) is 23.0 Å². The highest BCUT2D eigenvalue weighted by Gasteiger charge is 2.10. The second-order valence-electron chi connectivity index (χ2n) is 4.64. The molecular formula is C15H14FN3S. The zero-order valence-corrected chi connectivity index (χ0v) is 11.7. The number of H-pyrrole nitrogens is 1. The third kappa shape index (κ3) is 2.55. The Bertz CT molecular complexity index is 719. The van der Waals surface area contributed by atoms with Crippen molar-refractivity contribution in [3.8, 4) is 0 Å². The van der Waals surface area contributed by atoms with Gasteiger partial charge in [-0.05, 0) is 48.5 Å². The summed E-state index contributed by atoms with van der Waals surface area (Å²) >= 11 is 1.28. The van der Waals surface area contributed by atoms with Crippen LogP contribution in [0.2, 0.25) is 0 Å². The van der Waals surface area contributed by atoms with Crippen LogP contribution >= 0.6 is 11.8 Å². The van der Waals surface area contributed by atoms with Crippen molar-refractivity contribution >= 4 is 22.8 Å². The molecule has 3 N–H and O–H groups in total. The molecule has 0 radical (unpaired) electrons. The molecule has 3 nitrogen and oxygen atoms in total. The molecule has 0 aliphatic carbocycles. The van der Waals surface area contributed by atoms with Gasteiger partial charge in [0, 0.05) is 6.04 Å². The van der Waals surface area contributed by atoms with E-state index in [-0.39, 0.29) is 11.9 Å². The van der Waals surface area contributed by atoms with Gasteiger partial charge in [-0.2, -0.15) is 0 Å². The van der Waals surface area contributed by atoms with Crippen LogP contribution in [0.1, 0.15) is 18.5 Å². The van der Waals surface area contributed by atoms with E-state index in [2.05, 4.69) is 9.97 Å². The first-order valence-electron chi connectivity index (χ1n) is 6.31. The minimum atomic E-state index is -0.273. The van der Waals surface area contributed by atoms with Crippen LogP contribution in [0.25, 0.3) is 11.0 Å². The normalized spacial score (nSPS) is 12.8. The van der Waals surface area contributed by atoms with Crippen molar-refractivity contribution < 1.29 is 4.39 Å². The number of para-hydroxylation sites is 2. The summed E-state index contributed by atoms with van der Waals surface area (Å²) in [6.45, 7) is 1.83. The predicted molar refractivity (Wildman–Crippen MR) is 79.2 cm³/mol. The first-order chi connectivity index (χ1) is 9.63. The van der Waals surface area contributed by atoms with Crippen LogP contribution in [0.4, 0.5) is 4.39 Å². The molecule has 1 atom stereocenters. The van der Waals surface area contributed by atoms with Crippen molar-refractivity contribution in [3.05, 3.63) is 53.8 Å². The van der Waals surface area contributed by atoms with Crippen LogP contribution in [-0.4, -0.2) is 9.97 Å². The molecule has 0 aliphatic heterocycles. The molecule has 0 spiro atoms. The van der Waals surface area contributed by atoms with Crippen molar-refractivity contribution in [2.75, 3.05) is 0 Å². The van der Waals surface area contributed by atoms with E-state index in [1.165, 1.54) is 17.8 Å². The molecular weight excluding hydrogens is 273 g/mol. The quantitative estimate of drug-likeness (QED) is 0.768. The molecule has 1 unspecified atom stereocenters. The number of rotatable bonds is 3. The zero-order valence-electron chi connectivity index (χ0n) is 10.9. The number of nitrogens with two attached hydrogens (primary N) is 1. The smallest absolute Gasteiger partial charge is 0.171 e. The Morgan fingerprint density at radius 3 is 2.75 bits per heavy atom. The Labute approximate surface area is 120 Å². The first-order valence-corrected chi connectivity index (χ1v) is 7.13. The van der Waals surface area contributed by atoms with E-state index in [0.29, 0.717) is 10.1 Å². The lowest BCUT2D eigenvalue weighted by Gasteiger charge is -2.07. The number of hydrogen-bond acceptors (Lipinski definition) is 3. The van der Waals surface area contributed by atoms with Gasteiger partial charge in [-0.15, -0.1) is 0 Å². The number of halogens is 1. The van der Waals surface area contributed by atoms with E-state index in [0.717, 1.165) is 16.6 Å². The number of benzene rings is 2. The summed E-state index contributed by atoms with van der Waals surface area (Å²) < 4.78 is 14.0. The van der Waals surface area contributed by atoms with Crippen LogP contribution in [0.15, 0.2) is 52.5 Å². The Morgan fingerprint density at radius 2 is 2.05 bits per heavy atom. The molecule has 20 heavy (non-hydrogen) atoms. The number of aromatic amines is 1. The van der Waals surface area contributed by atoms with Gasteiger partial charge in [0.05, 0.1) is 15.9 Å². The van der Waals surface area contributed by atoms with E-state index in [1.807, 2.05) is 37.3 Å². The number of imidazole rings is 1. The van der Waals surface area contributed by atoms with Crippen molar-refractivity contribution in [1.29, 1.82) is 0 Å². The van der Waals surface area contributed by atoms with Crippen molar-refractivity contribution in [1.82, 2.24) is 9.97 Å². The number of aromatic nitrogens is 2. The molecule has 5 heteroatoms. The Hall–Kier alpha value is -1.85. The molecule has 0 aliphatic rings. The molecule has 1 aromatic heterocycles. The van der Waals surface area contributed by atoms with E-state index < -0.39 is 0 Å². The average molecular weight is 287 g/mol. The lowest BCUT2D eigenvalue weighted by molar-refractivity contribution is 0.596. The molecule has 3 rings (SSSR count). The third-order valence-electron chi connectivity index (χ3n) is 3.06. The number of hydrogen-bond donors (Lipinski definition) is 2. The fourth-order valence-electron chi connectivity index (χ4n) is 1.96. The van der Waals surface area contributed by atoms with Gasteiger partial charge in [0.25, 0.3) is 0 Å². The van der Waals surface area contributed by atoms with Crippen molar-refractivity contribution in [3.63, 3.8) is 0 Å². The molecule has 0 saturated carbocycles. The van der Waals surface area contributed by atoms with Crippen molar-refractivity contribution in [2.24, 2.45) is 5.73 Å². The summed E-state index contributed by atoms with van der Waals surface area (Å²) in [5.74, 6) is -0.273. The second-order valence-corrected chi connectivity index (χ2v) is 5.67. The Kier molecular flexibility index (Phi) is 3.46. The number of nitrogens with one attached hydrogen (secondary N) is 1. The van der Waals surface area contributed by atoms with Gasteiger partial charge in [0.1, 0.15) is 5.82 Å². The fourth-order valence-corrected chi connectivity index (χ4v) is 2.77. The maximum atomic E-state index is 14.0. The van der Waals surface area contributed by atoms with Crippen LogP contribution in [0.5, 0.6) is 0 Å². The van der Waals surface area contributed by atoms with E-state index in [4.69, 9.17) is 5.73 Å². The van der Waals surface area contributed by atoms with Crippen LogP contribution in [0, 0.1) is 5.82 Å². The summed E-state index contributed by atoms with van der Waals surface area (Å²) in [6, 6.07) is 12.6. The van der Waals surface area contributed by atoms with Gasteiger partial charge in [-0.1, -0.05) is 18.2 Å². The average Bonchev–Trinajstić information content (AvgIpc) is 2.83. The maximum Gasteiger partial charge on any atom is 0.171 e. The SMILES string of the molecule is CC(N)c1ccc(Sc2nc3ccccc3[nH]2)c(F)c1. The number of nitrogens with zero attached hydrogens (tertiary/aromatic N) is 1. The monoisotopic (exact) mass is 287 g/mol. The maximum absolute atomic E-state index is 14.0. The van der Waals surface area contributed by atoms with Gasteiger partial charge in [0.15, 0.2) is 5.16 Å². The summed E-state index contributed by atoms with van der Waals surface area (Å²) in [6.07, 6.45) is 0. The summed E-state index contributed by atoms with van der Waals surface area (Å²) in [5.41, 5.74) is 8.36. The summed E-state index contributed by atoms with van der Waals surface area (Å²) in [5, 5.41) is 0.679. The fraction of sp³-hybridized carbons (Fsp3) is 0.133. The minimum Gasteiger partial charge on any atom is -0.333 e. The van der Waals surface area contributed by atoms with Gasteiger partial charge in [-0.25, -0.2) is 9.37 Å². The molecule has 0 bridgehead atoms. The van der Waals surface area contributed by atoms with Gasteiger partial charge >= 0.3 is 0 Å². The molecule has 0 fully saturated rings. The Morgan fingerprint density at radius 1 is 1.25 bits per heavy atom. The van der Waals surface area contributed by atoms with Crippen LogP contribution in [0.3, 0.4) is 0 Å². The standard InChI is InChI=1S/C15H14FN3S/c1-9(17)10-6-7-14(11(16)8-10)20-15-18-12-4-2-3-5-13(12)19-15/h2-9H,17H2,1H3,(H,18,19). The van der Waals surface area contributed by atoms with E-state index >= 15 is 0 Å². The summed E-state index contributed by atoms with van der Waals surface area (Å²) in [4.78, 5) is 8.13. The molecule has 102 valence electrons. The lowest BCUT2D eigenvalue weighted by Crippen LogP contribution is -2.05. The zero-order chi connectivity index (χ0) is 14.1. The summed E-state index contributed by atoms with van der Waals surface area (Å²) in [7, 11) is 0. The highest BCUT2D eigenvalue weighted by atomic mass is 32.2. The molecule has 1 heterocycles. The van der Waals surface area contributed by atoms with Gasteiger partial charge < -0.3 is 10.7 Å². The van der Waals surface area contributed by atoms with Gasteiger partial charge in [0.2, 0.25) is 0 Å². The Balaban J connectivity index is 1.90. The predicted octanol–water partition coefficient (Wildman–Crippen LogP) is 3.87. The lowest BCUT2D eigenvalue weighted by atomic mass is 10.1. The largest absolute Gasteiger partial charge is 0.333 e.